The van der Waals surface area contributed by atoms with Gasteiger partial charge in [0.15, 0.2) is 12.2 Å². The van der Waals surface area contributed by atoms with Crippen LogP contribution in [0.3, 0.4) is 0 Å². The van der Waals surface area contributed by atoms with Crippen LogP contribution in [-0.2, 0) is 65.4 Å². The highest BCUT2D eigenvalue weighted by Crippen LogP contribution is 2.45. The maximum absolute atomic E-state index is 13.1. The van der Waals surface area contributed by atoms with Crippen molar-refractivity contribution in [2.75, 3.05) is 39.6 Å². The van der Waals surface area contributed by atoms with Crippen molar-refractivity contribution < 1.29 is 80.2 Å². The van der Waals surface area contributed by atoms with Gasteiger partial charge in [-0.1, -0.05) is 401 Å². The number of hydrogen-bond donors (Lipinski definition) is 3. The fraction of sp³-hybridized carbons (Fsp3) is 0.953. The SMILES string of the molecule is CCCCCCCCCCCCCCCCCCCCCCCC(=O)O[C@H](COC(=O)CCCCCCCCCCCCCCCCCC(C)C)COP(=O)(O)OC[C@@H](O)COP(=O)(O)OC[C@@H](COC(=O)CCCCCCCCC)OC(=O)CCCCCCCCCCCCCCCCCC(C)C. The van der Waals surface area contributed by atoms with Crippen molar-refractivity contribution >= 4 is 39.5 Å². The van der Waals surface area contributed by atoms with Gasteiger partial charge in [0, 0.05) is 25.7 Å². The van der Waals surface area contributed by atoms with E-state index in [-0.39, 0.29) is 25.7 Å². The van der Waals surface area contributed by atoms with E-state index in [1.165, 1.54) is 257 Å². The van der Waals surface area contributed by atoms with E-state index in [2.05, 4.69) is 41.5 Å². The molecule has 0 aromatic rings. The Morgan fingerprint density at radius 3 is 0.654 bits per heavy atom. The Labute approximate surface area is 638 Å². The van der Waals surface area contributed by atoms with E-state index in [1.807, 2.05) is 0 Å². The molecule has 5 atom stereocenters. The number of phosphoric ester groups is 2. The molecule has 19 heteroatoms. The van der Waals surface area contributed by atoms with Crippen LogP contribution in [0.15, 0.2) is 0 Å². The van der Waals surface area contributed by atoms with Crippen LogP contribution in [-0.4, -0.2) is 96.7 Å². The van der Waals surface area contributed by atoms with Crippen molar-refractivity contribution in [3.05, 3.63) is 0 Å². The zero-order valence-corrected chi connectivity index (χ0v) is 70.1. The zero-order chi connectivity index (χ0) is 76.4. The maximum atomic E-state index is 13.1. The van der Waals surface area contributed by atoms with Crippen LogP contribution < -0.4 is 0 Å². The standard InChI is InChI=1S/C85H166O17P2/c1-7-9-11-13-15-16-17-18-19-20-21-22-23-24-29-35-40-45-51-57-63-70-85(90)102-81(74-96-83(88)68-62-56-50-44-39-34-30-25-27-32-37-42-48-53-59-65-77(3)4)76-100-104(93,94)98-72-79(86)71-97-103(91,92)99-75-80(73-95-82(87)67-61-55-47-14-12-10-8-2)101-84(89)69-64-58-52-46-41-36-31-26-28-33-38-43-49-54-60-66-78(5)6/h77-81,86H,7-76H2,1-6H3,(H,91,92)(H,93,94)/t79-,80+,81+/m0/s1. The molecule has 0 bridgehead atoms. The summed E-state index contributed by atoms with van der Waals surface area (Å²) in [4.78, 5) is 73.0. The molecule has 0 radical (unpaired) electrons. The summed E-state index contributed by atoms with van der Waals surface area (Å²) < 4.78 is 68.7. The van der Waals surface area contributed by atoms with Crippen molar-refractivity contribution in [3.8, 4) is 0 Å². The summed E-state index contributed by atoms with van der Waals surface area (Å²) in [6.45, 7) is 9.67. The predicted octanol–water partition coefficient (Wildman–Crippen LogP) is 25.8. The zero-order valence-electron chi connectivity index (χ0n) is 68.3. The summed E-state index contributed by atoms with van der Waals surface area (Å²) >= 11 is 0. The second kappa shape index (κ2) is 76.4. The molecule has 0 spiro atoms. The van der Waals surface area contributed by atoms with Crippen molar-refractivity contribution in [3.63, 3.8) is 0 Å². The molecule has 0 heterocycles. The number of ether oxygens (including phenoxy) is 4. The molecular formula is C85H166O17P2. The molecule has 0 aliphatic heterocycles. The van der Waals surface area contributed by atoms with Gasteiger partial charge in [0.1, 0.15) is 19.3 Å². The van der Waals surface area contributed by atoms with Gasteiger partial charge in [0.2, 0.25) is 0 Å². The summed E-state index contributed by atoms with van der Waals surface area (Å²) in [7, 11) is -9.92. The highest BCUT2D eigenvalue weighted by molar-refractivity contribution is 7.47. The third kappa shape index (κ3) is 78.2. The number of rotatable bonds is 84. The summed E-state index contributed by atoms with van der Waals surface area (Å²) in [6, 6.07) is 0. The smallest absolute Gasteiger partial charge is 0.462 e. The predicted molar refractivity (Wildman–Crippen MR) is 428 cm³/mol. The molecule has 17 nitrogen and oxygen atoms in total. The molecule has 0 saturated carbocycles. The van der Waals surface area contributed by atoms with Gasteiger partial charge >= 0.3 is 39.5 Å². The van der Waals surface area contributed by atoms with Crippen LogP contribution in [0.5, 0.6) is 0 Å². The number of carbonyl (C=O) groups excluding carboxylic acids is 4. The summed E-state index contributed by atoms with van der Waals surface area (Å²) in [5, 5.41) is 10.6. The van der Waals surface area contributed by atoms with E-state index in [0.717, 1.165) is 115 Å². The van der Waals surface area contributed by atoms with Gasteiger partial charge in [-0.2, -0.15) is 0 Å². The minimum atomic E-state index is -4.96. The quantitative estimate of drug-likeness (QED) is 0.0222. The van der Waals surface area contributed by atoms with Crippen LogP contribution >= 0.6 is 15.6 Å². The van der Waals surface area contributed by atoms with Crippen LogP contribution in [0.4, 0.5) is 0 Å². The van der Waals surface area contributed by atoms with Crippen LogP contribution in [0, 0.1) is 11.8 Å². The van der Waals surface area contributed by atoms with Gasteiger partial charge < -0.3 is 33.8 Å². The fourth-order valence-electron chi connectivity index (χ4n) is 13.2. The van der Waals surface area contributed by atoms with Crippen LogP contribution in [0.25, 0.3) is 0 Å². The number of esters is 4. The van der Waals surface area contributed by atoms with Gasteiger partial charge in [0.25, 0.3) is 0 Å². The van der Waals surface area contributed by atoms with E-state index in [9.17, 15) is 43.2 Å². The van der Waals surface area contributed by atoms with Gasteiger partial charge in [0.05, 0.1) is 26.4 Å². The molecule has 3 N–H and O–H groups in total. The monoisotopic (exact) mass is 1520 g/mol. The normalized spacial score (nSPS) is 13.8. The second-order valence-corrected chi connectivity index (χ2v) is 34.4. The Morgan fingerprint density at radius 2 is 0.442 bits per heavy atom. The number of phosphoric acid groups is 2. The lowest BCUT2D eigenvalue weighted by Gasteiger charge is -2.21. The Bertz CT molecular complexity index is 1990. The topological polar surface area (TPSA) is 237 Å². The van der Waals surface area contributed by atoms with Gasteiger partial charge in [-0.15, -0.1) is 0 Å². The number of aliphatic hydroxyl groups is 1. The third-order valence-electron chi connectivity index (χ3n) is 20.0. The minimum Gasteiger partial charge on any atom is -0.462 e. The summed E-state index contributed by atoms with van der Waals surface area (Å²) in [5.41, 5.74) is 0. The molecule has 0 aromatic heterocycles. The minimum absolute atomic E-state index is 0.108. The average Bonchev–Trinajstić information content (AvgIpc) is 0.904. The number of hydrogen-bond acceptors (Lipinski definition) is 15. The molecule has 104 heavy (non-hydrogen) atoms. The largest absolute Gasteiger partial charge is 0.472 e. The van der Waals surface area contributed by atoms with Crippen molar-refractivity contribution in [2.45, 2.75) is 471 Å². The first kappa shape index (κ1) is 102. The fourth-order valence-corrected chi connectivity index (χ4v) is 14.8. The number of aliphatic hydroxyl groups excluding tert-OH is 1. The van der Waals surface area contributed by atoms with Gasteiger partial charge in [-0.25, -0.2) is 9.13 Å². The second-order valence-electron chi connectivity index (χ2n) is 31.5. The lowest BCUT2D eigenvalue weighted by molar-refractivity contribution is -0.161. The Kier molecular flexibility index (Phi) is 75.0. The molecule has 0 aromatic carbocycles. The average molecular weight is 1520 g/mol. The molecule has 0 aliphatic rings. The maximum Gasteiger partial charge on any atom is 0.472 e. The number of unbranched alkanes of at least 4 members (excludes halogenated alkanes) is 54. The first-order valence-corrected chi connectivity index (χ1v) is 47.0. The lowest BCUT2D eigenvalue weighted by atomic mass is 10.0. The first-order valence-electron chi connectivity index (χ1n) is 44.0. The molecular weight excluding hydrogens is 1350 g/mol. The van der Waals surface area contributed by atoms with Crippen LogP contribution in [0.2, 0.25) is 0 Å². The lowest BCUT2D eigenvalue weighted by Crippen LogP contribution is -2.30. The first-order chi connectivity index (χ1) is 50.4. The Morgan fingerprint density at radius 1 is 0.260 bits per heavy atom. The molecule has 0 rings (SSSR count). The molecule has 0 amide bonds. The van der Waals surface area contributed by atoms with Gasteiger partial charge in [-0.05, 0) is 37.5 Å². The molecule has 0 fully saturated rings. The van der Waals surface area contributed by atoms with Crippen molar-refractivity contribution in [1.82, 2.24) is 0 Å². The van der Waals surface area contributed by atoms with E-state index in [1.54, 1.807) is 0 Å². The Hall–Kier alpha value is -1.94. The van der Waals surface area contributed by atoms with E-state index in [0.29, 0.717) is 25.7 Å². The Balaban J connectivity index is 5.16. The van der Waals surface area contributed by atoms with E-state index in [4.69, 9.17) is 37.0 Å². The number of carbonyl (C=O) groups is 4. The molecule has 0 aliphatic carbocycles. The molecule has 2 unspecified atom stereocenters. The molecule has 618 valence electrons. The highest BCUT2D eigenvalue weighted by atomic mass is 31.2. The molecule has 0 saturated heterocycles. The summed E-state index contributed by atoms with van der Waals surface area (Å²) in [6.07, 6.45) is 68.3. The van der Waals surface area contributed by atoms with E-state index >= 15 is 0 Å². The third-order valence-corrected chi connectivity index (χ3v) is 21.9. The van der Waals surface area contributed by atoms with Crippen LogP contribution in [0.1, 0.15) is 452 Å². The van der Waals surface area contributed by atoms with Crippen molar-refractivity contribution in [2.24, 2.45) is 11.8 Å². The highest BCUT2D eigenvalue weighted by Gasteiger charge is 2.30. The van der Waals surface area contributed by atoms with E-state index < -0.39 is 97.5 Å². The van der Waals surface area contributed by atoms with Gasteiger partial charge in [-0.3, -0.25) is 37.3 Å². The summed E-state index contributed by atoms with van der Waals surface area (Å²) in [5.74, 6) is -0.499. The van der Waals surface area contributed by atoms with Crippen molar-refractivity contribution in [1.29, 1.82) is 0 Å².